The van der Waals surface area contributed by atoms with Crippen LogP contribution in [0.1, 0.15) is 31.9 Å². The number of hydrogen-bond acceptors (Lipinski definition) is 3. The Bertz CT molecular complexity index is 421. The highest BCUT2D eigenvalue weighted by Gasteiger charge is 2.30. The smallest absolute Gasteiger partial charge is 0.244 e. The first kappa shape index (κ1) is 14.0. The fourth-order valence-electron chi connectivity index (χ4n) is 2.45. The van der Waals surface area contributed by atoms with Gasteiger partial charge in [0, 0.05) is 13.1 Å². The first-order chi connectivity index (χ1) is 9.11. The van der Waals surface area contributed by atoms with Crippen LogP contribution in [-0.2, 0) is 9.53 Å². The van der Waals surface area contributed by atoms with Crippen LogP contribution >= 0.6 is 0 Å². The predicted octanol–water partition coefficient (Wildman–Crippen LogP) is 1.71. The zero-order chi connectivity index (χ0) is 13.8. The van der Waals surface area contributed by atoms with Crippen LogP contribution in [-0.4, -0.2) is 36.1 Å². The minimum Gasteiger partial charge on any atom is -0.372 e. The Balaban J connectivity index is 2.06. The molecule has 1 saturated heterocycles. The standard InChI is InChI=1S/C15H22N2O2/c1-3-13-10-17(9-11(2)19-13)15(18)14(16)12-7-5-4-6-8-12/h4-8,11,13-14H,3,9-10,16H2,1-2H3/t11-,13+,14+/m0/s1. The lowest BCUT2D eigenvalue weighted by Crippen LogP contribution is -2.51. The molecule has 1 heterocycles. The summed E-state index contributed by atoms with van der Waals surface area (Å²) in [4.78, 5) is 14.3. The average molecular weight is 262 g/mol. The van der Waals surface area contributed by atoms with E-state index in [0.717, 1.165) is 12.0 Å². The van der Waals surface area contributed by atoms with Gasteiger partial charge in [-0.15, -0.1) is 0 Å². The van der Waals surface area contributed by atoms with Crippen molar-refractivity contribution in [2.24, 2.45) is 5.73 Å². The molecule has 19 heavy (non-hydrogen) atoms. The van der Waals surface area contributed by atoms with E-state index in [-0.39, 0.29) is 18.1 Å². The minimum atomic E-state index is -0.580. The lowest BCUT2D eigenvalue weighted by molar-refractivity contribution is -0.146. The van der Waals surface area contributed by atoms with Crippen molar-refractivity contribution in [3.63, 3.8) is 0 Å². The Kier molecular flexibility index (Phi) is 4.56. The van der Waals surface area contributed by atoms with E-state index in [1.165, 1.54) is 0 Å². The molecule has 0 aliphatic carbocycles. The van der Waals surface area contributed by atoms with Crippen molar-refractivity contribution in [3.05, 3.63) is 35.9 Å². The fourth-order valence-corrected chi connectivity index (χ4v) is 2.45. The van der Waals surface area contributed by atoms with Gasteiger partial charge in [0.2, 0.25) is 5.91 Å². The Morgan fingerprint density at radius 1 is 1.42 bits per heavy atom. The topological polar surface area (TPSA) is 55.6 Å². The maximum Gasteiger partial charge on any atom is 0.244 e. The minimum absolute atomic E-state index is 0.0141. The fraction of sp³-hybridized carbons (Fsp3) is 0.533. The first-order valence-electron chi connectivity index (χ1n) is 6.86. The Morgan fingerprint density at radius 2 is 2.11 bits per heavy atom. The van der Waals surface area contributed by atoms with Crippen LogP contribution in [0.3, 0.4) is 0 Å². The molecular weight excluding hydrogens is 240 g/mol. The summed E-state index contributed by atoms with van der Waals surface area (Å²) in [5, 5.41) is 0. The number of amides is 1. The van der Waals surface area contributed by atoms with Crippen molar-refractivity contribution >= 4 is 5.91 Å². The van der Waals surface area contributed by atoms with E-state index >= 15 is 0 Å². The average Bonchev–Trinajstić information content (AvgIpc) is 2.46. The molecule has 2 rings (SSSR count). The molecule has 1 amide bonds. The summed E-state index contributed by atoms with van der Waals surface area (Å²) in [6.07, 6.45) is 1.11. The second-order valence-corrected chi connectivity index (χ2v) is 5.11. The normalized spacial score (nSPS) is 25.1. The Labute approximate surface area is 114 Å². The van der Waals surface area contributed by atoms with E-state index < -0.39 is 6.04 Å². The van der Waals surface area contributed by atoms with Crippen molar-refractivity contribution in [3.8, 4) is 0 Å². The van der Waals surface area contributed by atoms with Crippen LogP contribution in [0.15, 0.2) is 30.3 Å². The number of carbonyl (C=O) groups excluding carboxylic acids is 1. The first-order valence-corrected chi connectivity index (χ1v) is 6.86. The van der Waals surface area contributed by atoms with Gasteiger partial charge in [0.25, 0.3) is 0 Å². The molecule has 2 N–H and O–H groups in total. The second-order valence-electron chi connectivity index (χ2n) is 5.11. The number of carbonyl (C=O) groups is 1. The third kappa shape index (κ3) is 3.33. The summed E-state index contributed by atoms with van der Waals surface area (Å²) >= 11 is 0. The number of hydrogen-bond donors (Lipinski definition) is 1. The quantitative estimate of drug-likeness (QED) is 0.902. The number of ether oxygens (including phenoxy) is 1. The zero-order valence-electron chi connectivity index (χ0n) is 11.6. The third-order valence-electron chi connectivity index (χ3n) is 3.52. The van der Waals surface area contributed by atoms with Crippen LogP contribution < -0.4 is 5.73 Å². The molecule has 4 heteroatoms. The summed E-state index contributed by atoms with van der Waals surface area (Å²) in [6.45, 7) is 5.33. The molecule has 0 aromatic heterocycles. The monoisotopic (exact) mass is 262 g/mol. The van der Waals surface area contributed by atoms with Crippen LogP contribution in [0.25, 0.3) is 0 Å². The molecular formula is C15H22N2O2. The summed E-state index contributed by atoms with van der Waals surface area (Å²) in [6, 6.07) is 8.93. The molecule has 0 unspecified atom stereocenters. The zero-order valence-corrected chi connectivity index (χ0v) is 11.6. The number of benzene rings is 1. The lowest BCUT2D eigenvalue weighted by atomic mass is 10.1. The summed E-state index contributed by atoms with van der Waals surface area (Å²) in [5.74, 6) is -0.0141. The Morgan fingerprint density at radius 3 is 2.74 bits per heavy atom. The van der Waals surface area contributed by atoms with E-state index in [0.29, 0.717) is 13.1 Å². The van der Waals surface area contributed by atoms with Gasteiger partial charge in [0.05, 0.1) is 12.2 Å². The van der Waals surface area contributed by atoms with Gasteiger partial charge in [-0.05, 0) is 18.9 Å². The molecule has 1 aromatic rings. The van der Waals surface area contributed by atoms with Crippen molar-refractivity contribution in [1.82, 2.24) is 4.90 Å². The van der Waals surface area contributed by atoms with E-state index in [1.54, 1.807) is 0 Å². The van der Waals surface area contributed by atoms with Crippen LogP contribution in [0.2, 0.25) is 0 Å². The third-order valence-corrected chi connectivity index (χ3v) is 3.52. The van der Waals surface area contributed by atoms with E-state index in [1.807, 2.05) is 42.2 Å². The molecule has 1 aliphatic heterocycles. The van der Waals surface area contributed by atoms with Gasteiger partial charge in [0.1, 0.15) is 6.04 Å². The molecule has 1 aromatic carbocycles. The van der Waals surface area contributed by atoms with Crippen LogP contribution in [0, 0.1) is 0 Å². The lowest BCUT2D eigenvalue weighted by Gasteiger charge is -2.37. The molecule has 4 nitrogen and oxygen atoms in total. The second kappa shape index (κ2) is 6.17. The van der Waals surface area contributed by atoms with E-state index in [9.17, 15) is 4.79 Å². The van der Waals surface area contributed by atoms with Crippen molar-refractivity contribution in [2.45, 2.75) is 38.5 Å². The Hall–Kier alpha value is -1.39. The summed E-state index contributed by atoms with van der Waals surface area (Å²) < 4.78 is 5.77. The van der Waals surface area contributed by atoms with Gasteiger partial charge in [-0.25, -0.2) is 0 Å². The molecule has 1 fully saturated rings. The highest BCUT2D eigenvalue weighted by molar-refractivity contribution is 5.83. The van der Waals surface area contributed by atoms with Gasteiger partial charge >= 0.3 is 0 Å². The molecule has 0 radical (unpaired) electrons. The van der Waals surface area contributed by atoms with Gasteiger partial charge in [-0.1, -0.05) is 37.3 Å². The van der Waals surface area contributed by atoms with Crippen LogP contribution in [0.4, 0.5) is 0 Å². The molecule has 0 spiro atoms. The molecule has 0 saturated carbocycles. The molecule has 104 valence electrons. The predicted molar refractivity (Wildman–Crippen MR) is 74.6 cm³/mol. The van der Waals surface area contributed by atoms with Gasteiger partial charge in [0.15, 0.2) is 0 Å². The number of nitrogens with two attached hydrogens (primary N) is 1. The molecule has 1 aliphatic rings. The SMILES string of the molecule is CC[C@@H]1CN(C(=O)[C@H](N)c2ccccc2)C[C@H](C)O1. The number of rotatable bonds is 3. The van der Waals surface area contributed by atoms with Crippen molar-refractivity contribution in [2.75, 3.05) is 13.1 Å². The summed E-state index contributed by atoms with van der Waals surface area (Å²) in [7, 11) is 0. The number of morpholine rings is 1. The maximum absolute atomic E-state index is 12.5. The van der Waals surface area contributed by atoms with Gasteiger partial charge < -0.3 is 15.4 Å². The van der Waals surface area contributed by atoms with E-state index in [4.69, 9.17) is 10.5 Å². The van der Waals surface area contributed by atoms with Crippen molar-refractivity contribution in [1.29, 1.82) is 0 Å². The maximum atomic E-state index is 12.5. The molecule has 3 atom stereocenters. The van der Waals surface area contributed by atoms with Crippen molar-refractivity contribution < 1.29 is 9.53 Å². The van der Waals surface area contributed by atoms with E-state index in [2.05, 4.69) is 6.92 Å². The highest BCUT2D eigenvalue weighted by atomic mass is 16.5. The van der Waals surface area contributed by atoms with Gasteiger partial charge in [-0.2, -0.15) is 0 Å². The van der Waals surface area contributed by atoms with Crippen LogP contribution in [0.5, 0.6) is 0 Å². The molecule has 0 bridgehead atoms. The highest BCUT2D eigenvalue weighted by Crippen LogP contribution is 2.18. The largest absolute Gasteiger partial charge is 0.372 e. The summed E-state index contributed by atoms with van der Waals surface area (Å²) in [5.41, 5.74) is 6.93. The van der Waals surface area contributed by atoms with Gasteiger partial charge in [-0.3, -0.25) is 4.79 Å². The number of nitrogens with zero attached hydrogens (tertiary/aromatic N) is 1.